The number of amides is 3. The Bertz CT molecular complexity index is 445. The van der Waals surface area contributed by atoms with Gasteiger partial charge in [-0.1, -0.05) is 0 Å². The fourth-order valence-corrected chi connectivity index (χ4v) is 2.73. The number of imide groups is 1. The van der Waals surface area contributed by atoms with Gasteiger partial charge in [0.1, 0.15) is 5.92 Å². The van der Waals surface area contributed by atoms with Gasteiger partial charge in [-0.3, -0.25) is 14.9 Å². The van der Waals surface area contributed by atoms with E-state index in [2.05, 4.69) is 10.6 Å². The van der Waals surface area contributed by atoms with Crippen molar-refractivity contribution in [1.82, 2.24) is 10.6 Å². The highest BCUT2D eigenvalue weighted by atomic mass is 16.5. The zero-order valence-corrected chi connectivity index (χ0v) is 14.8. The largest absolute Gasteiger partial charge is 0.466 e. The van der Waals surface area contributed by atoms with Gasteiger partial charge in [0.2, 0.25) is 0 Å². The van der Waals surface area contributed by atoms with Gasteiger partial charge < -0.3 is 15.0 Å². The molecule has 1 aliphatic rings. The van der Waals surface area contributed by atoms with Crippen molar-refractivity contribution in [3.05, 3.63) is 0 Å². The van der Waals surface area contributed by atoms with Gasteiger partial charge in [-0.25, -0.2) is 4.79 Å². The van der Waals surface area contributed by atoms with Crippen LogP contribution in [0, 0.1) is 5.92 Å². The van der Waals surface area contributed by atoms with Crippen LogP contribution in [0.15, 0.2) is 0 Å². The summed E-state index contributed by atoms with van der Waals surface area (Å²) < 4.78 is 5.07. The zero-order valence-electron chi connectivity index (χ0n) is 14.8. The third-order valence-electron chi connectivity index (χ3n) is 3.91. The molecule has 0 saturated carbocycles. The Balaban J connectivity index is 2.55. The van der Waals surface area contributed by atoms with E-state index in [-0.39, 0.29) is 17.8 Å². The van der Waals surface area contributed by atoms with Crippen LogP contribution in [0.3, 0.4) is 0 Å². The van der Waals surface area contributed by atoms with Crippen molar-refractivity contribution < 1.29 is 24.0 Å². The Morgan fingerprint density at radius 3 is 2.52 bits per heavy atom. The van der Waals surface area contributed by atoms with Crippen LogP contribution in [0.2, 0.25) is 0 Å². The standard InChI is InChI=1S/C16H29N3O4/c1-6-23-14(21)12-8-7-9-19(10-12)11(2)13(20)17-15(22)18-16(3,4)5/h11-12H,6-10H2,1-5H3,(H2,17,18,20,22)/p+1/t11-,12+/m0/s1. The zero-order chi connectivity index (χ0) is 17.6. The van der Waals surface area contributed by atoms with Crippen LogP contribution in [0.4, 0.5) is 4.79 Å². The number of likely N-dealkylation sites (tertiary alicyclic amines) is 1. The molecular weight excluding hydrogens is 298 g/mol. The average molecular weight is 328 g/mol. The summed E-state index contributed by atoms with van der Waals surface area (Å²) >= 11 is 0. The van der Waals surface area contributed by atoms with Crippen LogP contribution in [0.1, 0.15) is 47.5 Å². The lowest BCUT2D eigenvalue weighted by atomic mass is 9.97. The van der Waals surface area contributed by atoms with Crippen molar-refractivity contribution in [1.29, 1.82) is 0 Å². The lowest BCUT2D eigenvalue weighted by Gasteiger charge is -2.32. The maximum Gasteiger partial charge on any atom is 0.322 e. The third-order valence-corrected chi connectivity index (χ3v) is 3.91. The number of ether oxygens (including phenoxy) is 1. The average Bonchev–Trinajstić information content (AvgIpc) is 2.44. The van der Waals surface area contributed by atoms with Gasteiger partial charge in [0.15, 0.2) is 6.04 Å². The Morgan fingerprint density at radius 1 is 1.30 bits per heavy atom. The van der Waals surface area contributed by atoms with E-state index in [0.29, 0.717) is 13.2 Å². The van der Waals surface area contributed by atoms with E-state index in [9.17, 15) is 14.4 Å². The van der Waals surface area contributed by atoms with Gasteiger partial charge >= 0.3 is 12.0 Å². The molecular formula is C16H30N3O4+. The van der Waals surface area contributed by atoms with E-state index < -0.39 is 17.6 Å². The molecule has 1 rings (SSSR count). The fourth-order valence-electron chi connectivity index (χ4n) is 2.73. The Hall–Kier alpha value is -1.63. The molecule has 1 heterocycles. The number of nitrogens with one attached hydrogen (secondary N) is 3. The van der Waals surface area contributed by atoms with Gasteiger partial charge in [-0.05, 0) is 47.5 Å². The van der Waals surface area contributed by atoms with E-state index in [0.717, 1.165) is 24.3 Å². The smallest absolute Gasteiger partial charge is 0.322 e. The van der Waals surface area contributed by atoms with Crippen LogP contribution < -0.4 is 15.5 Å². The highest BCUT2D eigenvalue weighted by Crippen LogP contribution is 2.10. The first-order chi connectivity index (χ1) is 10.6. The number of carbonyl (C=O) groups excluding carboxylic acids is 3. The lowest BCUT2D eigenvalue weighted by molar-refractivity contribution is -0.921. The molecule has 1 fully saturated rings. The summed E-state index contributed by atoms with van der Waals surface area (Å²) in [5.74, 6) is -0.689. The molecule has 0 aromatic carbocycles. The topological polar surface area (TPSA) is 88.9 Å². The second kappa shape index (κ2) is 8.29. The SMILES string of the molecule is CCOC(=O)[C@@H]1CCC[NH+]([C@@H](C)C(=O)NC(=O)NC(C)(C)C)C1. The molecule has 1 unspecified atom stereocenters. The first kappa shape index (κ1) is 19.4. The summed E-state index contributed by atoms with van der Waals surface area (Å²) in [7, 11) is 0. The number of carbonyl (C=O) groups is 3. The second-order valence-corrected chi connectivity index (χ2v) is 7.12. The molecule has 3 atom stereocenters. The van der Waals surface area contributed by atoms with Gasteiger partial charge in [0.25, 0.3) is 5.91 Å². The molecule has 3 amide bonds. The molecule has 3 N–H and O–H groups in total. The molecule has 0 spiro atoms. The molecule has 1 saturated heterocycles. The maximum absolute atomic E-state index is 12.2. The summed E-state index contributed by atoms with van der Waals surface area (Å²) in [5, 5.41) is 5.07. The Kier molecular flexibility index (Phi) is 7.00. The maximum atomic E-state index is 12.2. The summed E-state index contributed by atoms with van der Waals surface area (Å²) in [5.41, 5.74) is -0.402. The van der Waals surface area contributed by atoms with E-state index >= 15 is 0 Å². The van der Waals surface area contributed by atoms with Crippen molar-refractivity contribution in [2.45, 2.75) is 59.0 Å². The number of rotatable bonds is 4. The molecule has 0 radical (unpaired) electrons. The highest BCUT2D eigenvalue weighted by Gasteiger charge is 2.35. The summed E-state index contributed by atoms with van der Waals surface area (Å²) in [4.78, 5) is 36.9. The number of quaternary nitrogens is 1. The normalized spacial score (nSPS) is 22.8. The van der Waals surface area contributed by atoms with Crippen molar-refractivity contribution in [2.75, 3.05) is 19.7 Å². The minimum atomic E-state index is -0.493. The van der Waals surface area contributed by atoms with E-state index in [4.69, 9.17) is 4.74 Å². The van der Waals surface area contributed by atoms with Crippen LogP contribution in [-0.4, -0.2) is 49.2 Å². The number of urea groups is 1. The first-order valence-electron chi connectivity index (χ1n) is 8.28. The van der Waals surface area contributed by atoms with Crippen molar-refractivity contribution in [3.63, 3.8) is 0 Å². The molecule has 0 aromatic rings. The molecule has 7 nitrogen and oxygen atoms in total. The quantitative estimate of drug-likeness (QED) is 0.627. The van der Waals surface area contributed by atoms with E-state index in [1.54, 1.807) is 13.8 Å². The monoisotopic (exact) mass is 328 g/mol. The molecule has 0 aromatic heterocycles. The van der Waals surface area contributed by atoms with Crippen molar-refractivity contribution in [2.24, 2.45) is 5.92 Å². The minimum absolute atomic E-state index is 0.169. The van der Waals surface area contributed by atoms with Crippen LogP contribution in [0.25, 0.3) is 0 Å². The molecule has 132 valence electrons. The summed E-state index contributed by atoms with van der Waals surface area (Å²) in [6, 6.07) is -0.884. The fraction of sp³-hybridized carbons (Fsp3) is 0.812. The highest BCUT2D eigenvalue weighted by molar-refractivity contribution is 5.96. The van der Waals surface area contributed by atoms with Crippen LogP contribution >= 0.6 is 0 Å². The predicted molar refractivity (Wildman–Crippen MR) is 85.9 cm³/mol. The third kappa shape index (κ3) is 6.56. The molecule has 0 aliphatic carbocycles. The number of esters is 1. The minimum Gasteiger partial charge on any atom is -0.466 e. The molecule has 7 heteroatoms. The van der Waals surface area contributed by atoms with Gasteiger partial charge in [-0.2, -0.15) is 0 Å². The predicted octanol–water partition coefficient (Wildman–Crippen LogP) is -0.143. The second-order valence-electron chi connectivity index (χ2n) is 7.12. The number of hydrogen-bond acceptors (Lipinski definition) is 4. The van der Waals surface area contributed by atoms with Gasteiger partial charge in [0, 0.05) is 5.54 Å². The Morgan fingerprint density at radius 2 is 1.96 bits per heavy atom. The van der Waals surface area contributed by atoms with E-state index in [1.807, 2.05) is 20.8 Å². The first-order valence-corrected chi connectivity index (χ1v) is 8.28. The lowest BCUT2D eigenvalue weighted by Crippen LogP contribution is -3.18. The summed E-state index contributed by atoms with van der Waals surface area (Å²) in [6.07, 6.45) is 1.66. The number of piperidine rings is 1. The summed E-state index contributed by atoms with van der Waals surface area (Å²) in [6.45, 7) is 10.9. The number of hydrogen-bond donors (Lipinski definition) is 3. The Labute approximate surface area is 138 Å². The van der Waals surface area contributed by atoms with Gasteiger partial charge in [-0.15, -0.1) is 0 Å². The van der Waals surface area contributed by atoms with Crippen LogP contribution in [-0.2, 0) is 14.3 Å². The van der Waals surface area contributed by atoms with Crippen LogP contribution in [0.5, 0.6) is 0 Å². The van der Waals surface area contributed by atoms with Gasteiger partial charge in [0.05, 0.1) is 19.7 Å². The van der Waals surface area contributed by atoms with Crippen molar-refractivity contribution in [3.8, 4) is 0 Å². The molecule has 1 aliphatic heterocycles. The van der Waals surface area contributed by atoms with Crippen molar-refractivity contribution >= 4 is 17.9 Å². The molecule has 0 bridgehead atoms. The van der Waals surface area contributed by atoms with E-state index in [1.165, 1.54) is 0 Å². The molecule has 23 heavy (non-hydrogen) atoms.